The third-order valence-electron chi connectivity index (χ3n) is 4.24. The maximum Gasteiger partial charge on any atom is 0.416 e. The van der Waals surface area contributed by atoms with Crippen LogP contribution in [0.15, 0.2) is 18.3 Å². The summed E-state index contributed by atoms with van der Waals surface area (Å²) in [4.78, 5) is 4.13. The van der Waals surface area contributed by atoms with Crippen LogP contribution in [0.25, 0.3) is 0 Å². The SMILES string of the molecule is CCCCCCC(C)(CC)Cc1cc(C(F)(F)F)ccn1. The lowest BCUT2D eigenvalue weighted by Gasteiger charge is -2.28. The quantitative estimate of drug-likeness (QED) is 0.534. The van der Waals surface area contributed by atoms with Gasteiger partial charge in [0.05, 0.1) is 5.56 Å². The first-order valence-electron chi connectivity index (χ1n) is 7.83. The van der Waals surface area contributed by atoms with Crippen LogP contribution < -0.4 is 0 Å². The van der Waals surface area contributed by atoms with E-state index in [-0.39, 0.29) is 5.41 Å². The van der Waals surface area contributed by atoms with Gasteiger partial charge in [0.25, 0.3) is 0 Å². The average molecular weight is 301 g/mol. The molecule has 1 aromatic heterocycles. The predicted molar refractivity (Wildman–Crippen MR) is 80.1 cm³/mol. The molecule has 0 aliphatic rings. The van der Waals surface area contributed by atoms with Crippen LogP contribution in [-0.2, 0) is 12.6 Å². The molecule has 21 heavy (non-hydrogen) atoms. The number of pyridine rings is 1. The number of aromatic nitrogens is 1. The molecule has 1 rings (SSSR count). The second-order valence-corrected chi connectivity index (χ2v) is 6.19. The molecule has 0 spiro atoms. The van der Waals surface area contributed by atoms with E-state index in [1.807, 2.05) is 0 Å². The fraction of sp³-hybridized carbons (Fsp3) is 0.706. The molecule has 1 nitrogen and oxygen atoms in total. The summed E-state index contributed by atoms with van der Waals surface area (Å²) < 4.78 is 38.2. The van der Waals surface area contributed by atoms with Gasteiger partial charge in [-0.1, -0.05) is 52.9 Å². The summed E-state index contributed by atoms with van der Waals surface area (Å²) in [6, 6.07) is 2.23. The van der Waals surface area contributed by atoms with E-state index in [9.17, 15) is 13.2 Å². The number of unbranched alkanes of at least 4 members (excludes halogenated alkanes) is 3. The number of hydrogen-bond acceptors (Lipinski definition) is 1. The lowest BCUT2D eigenvalue weighted by Crippen LogP contribution is -2.20. The minimum Gasteiger partial charge on any atom is -0.261 e. The molecule has 0 bridgehead atoms. The van der Waals surface area contributed by atoms with E-state index in [2.05, 4.69) is 25.8 Å². The minimum absolute atomic E-state index is 0.0327. The number of rotatable bonds is 8. The summed E-state index contributed by atoms with van der Waals surface area (Å²) in [5.74, 6) is 0. The second kappa shape index (κ2) is 7.81. The monoisotopic (exact) mass is 301 g/mol. The molecule has 0 aromatic carbocycles. The Balaban J connectivity index is 2.72. The van der Waals surface area contributed by atoms with Crippen LogP contribution in [0, 0.1) is 5.41 Å². The molecule has 1 aromatic rings. The van der Waals surface area contributed by atoms with Gasteiger partial charge in [-0.05, 0) is 30.4 Å². The molecule has 1 heterocycles. The van der Waals surface area contributed by atoms with Crippen LogP contribution in [0.4, 0.5) is 13.2 Å². The van der Waals surface area contributed by atoms with Crippen LogP contribution in [0.1, 0.15) is 70.6 Å². The van der Waals surface area contributed by atoms with E-state index in [1.165, 1.54) is 31.5 Å². The van der Waals surface area contributed by atoms with E-state index in [0.717, 1.165) is 25.3 Å². The van der Waals surface area contributed by atoms with E-state index in [0.29, 0.717) is 12.1 Å². The van der Waals surface area contributed by atoms with Crippen molar-refractivity contribution in [2.24, 2.45) is 5.41 Å². The molecule has 120 valence electrons. The van der Waals surface area contributed by atoms with Crippen LogP contribution in [0.5, 0.6) is 0 Å². The van der Waals surface area contributed by atoms with Crippen molar-refractivity contribution in [3.63, 3.8) is 0 Å². The van der Waals surface area contributed by atoms with Crippen molar-refractivity contribution in [3.05, 3.63) is 29.6 Å². The number of alkyl halides is 3. The van der Waals surface area contributed by atoms with Crippen molar-refractivity contribution in [2.45, 2.75) is 71.9 Å². The standard InChI is InChI=1S/C17H26F3N/c1-4-6-7-8-10-16(3,5-2)13-15-12-14(9-11-21-15)17(18,19)20/h9,11-12H,4-8,10,13H2,1-3H3. The summed E-state index contributed by atoms with van der Waals surface area (Å²) in [6.07, 6.45) is 4.34. The maximum atomic E-state index is 12.7. The summed E-state index contributed by atoms with van der Waals surface area (Å²) in [5, 5.41) is 0. The Labute approximate surface area is 126 Å². The number of hydrogen-bond donors (Lipinski definition) is 0. The highest BCUT2D eigenvalue weighted by molar-refractivity contribution is 5.20. The summed E-state index contributed by atoms with van der Waals surface area (Å²) in [5.41, 5.74) is -0.0214. The molecule has 0 amide bonds. The first-order chi connectivity index (χ1) is 9.80. The highest BCUT2D eigenvalue weighted by Gasteiger charge is 2.31. The zero-order valence-corrected chi connectivity index (χ0v) is 13.3. The van der Waals surface area contributed by atoms with E-state index < -0.39 is 11.7 Å². The third-order valence-corrected chi connectivity index (χ3v) is 4.24. The van der Waals surface area contributed by atoms with Crippen molar-refractivity contribution >= 4 is 0 Å². The molecule has 0 fully saturated rings. The van der Waals surface area contributed by atoms with Gasteiger partial charge in [-0.3, -0.25) is 4.98 Å². The Morgan fingerprint density at radius 2 is 1.81 bits per heavy atom. The topological polar surface area (TPSA) is 12.9 Å². The Hall–Kier alpha value is -1.06. The van der Waals surface area contributed by atoms with Crippen molar-refractivity contribution in [1.29, 1.82) is 0 Å². The van der Waals surface area contributed by atoms with Crippen LogP contribution in [0.2, 0.25) is 0 Å². The summed E-state index contributed by atoms with van der Waals surface area (Å²) >= 11 is 0. The summed E-state index contributed by atoms with van der Waals surface area (Å²) in [6.45, 7) is 6.43. The van der Waals surface area contributed by atoms with Gasteiger partial charge >= 0.3 is 6.18 Å². The van der Waals surface area contributed by atoms with Gasteiger partial charge < -0.3 is 0 Å². The molecule has 0 radical (unpaired) electrons. The molecular formula is C17H26F3N. The summed E-state index contributed by atoms with van der Waals surface area (Å²) in [7, 11) is 0. The van der Waals surface area contributed by atoms with Gasteiger partial charge in [-0.25, -0.2) is 0 Å². The number of halogens is 3. The smallest absolute Gasteiger partial charge is 0.261 e. The van der Waals surface area contributed by atoms with Crippen molar-refractivity contribution < 1.29 is 13.2 Å². The second-order valence-electron chi connectivity index (χ2n) is 6.19. The van der Waals surface area contributed by atoms with Gasteiger partial charge in [0, 0.05) is 11.9 Å². The molecule has 0 saturated carbocycles. The maximum absolute atomic E-state index is 12.7. The average Bonchev–Trinajstić information content (AvgIpc) is 2.43. The van der Waals surface area contributed by atoms with Gasteiger partial charge in [-0.15, -0.1) is 0 Å². The largest absolute Gasteiger partial charge is 0.416 e. The molecule has 1 unspecified atom stereocenters. The van der Waals surface area contributed by atoms with Crippen molar-refractivity contribution in [3.8, 4) is 0 Å². The molecule has 0 N–H and O–H groups in total. The van der Waals surface area contributed by atoms with Crippen molar-refractivity contribution in [1.82, 2.24) is 4.98 Å². The third kappa shape index (κ3) is 6.06. The first-order valence-corrected chi connectivity index (χ1v) is 7.83. The van der Waals surface area contributed by atoms with Gasteiger partial charge in [0.2, 0.25) is 0 Å². The van der Waals surface area contributed by atoms with Crippen LogP contribution >= 0.6 is 0 Å². The van der Waals surface area contributed by atoms with Gasteiger partial charge in [0.15, 0.2) is 0 Å². The Bertz CT molecular complexity index is 428. The van der Waals surface area contributed by atoms with E-state index >= 15 is 0 Å². The fourth-order valence-electron chi connectivity index (χ4n) is 2.56. The lowest BCUT2D eigenvalue weighted by molar-refractivity contribution is -0.137. The molecule has 0 saturated heterocycles. The molecule has 0 aliphatic heterocycles. The fourth-order valence-corrected chi connectivity index (χ4v) is 2.56. The number of nitrogens with zero attached hydrogens (tertiary/aromatic N) is 1. The molecule has 0 aliphatic carbocycles. The normalized spacial score (nSPS) is 15.0. The zero-order chi connectivity index (χ0) is 15.9. The van der Waals surface area contributed by atoms with E-state index in [4.69, 9.17) is 0 Å². The molecule has 4 heteroatoms. The molecular weight excluding hydrogens is 275 g/mol. The first kappa shape index (κ1) is 18.0. The predicted octanol–water partition coefficient (Wildman–Crippen LogP) is 6.03. The van der Waals surface area contributed by atoms with Gasteiger partial charge in [-0.2, -0.15) is 13.2 Å². The van der Waals surface area contributed by atoms with Crippen LogP contribution in [-0.4, -0.2) is 4.98 Å². The Kier molecular flexibility index (Phi) is 6.69. The minimum atomic E-state index is -4.29. The Morgan fingerprint density at radius 1 is 1.10 bits per heavy atom. The van der Waals surface area contributed by atoms with Gasteiger partial charge in [0.1, 0.15) is 0 Å². The van der Waals surface area contributed by atoms with Crippen molar-refractivity contribution in [2.75, 3.05) is 0 Å². The highest BCUT2D eigenvalue weighted by atomic mass is 19.4. The zero-order valence-electron chi connectivity index (χ0n) is 13.3. The van der Waals surface area contributed by atoms with Crippen LogP contribution in [0.3, 0.4) is 0 Å². The molecule has 1 atom stereocenters. The van der Waals surface area contributed by atoms with E-state index in [1.54, 1.807) is 0 Å². The Morgan fingerprint density at radius 3 is 2.38 bits per heavy atom. The lowest BCUT2D eigenvalue weighted by atomic mass is 9.78. The highest BCUT2D eigenvalue weighted by Crippen LogP contribution is 2.34.